The first-order valence-corrected chi connectivity index (χ1v) is 4.34. The molecular weight excluding hydrogens is 140 g/mol. The Morgan fingerprint density at radius 2 is 2.45 bits per heavy atom. The lowest BCUT2D eigenvalue weighted by atomic mass is 10.3. The van der Waals surface area contributed by atoms with Gasteiger partial charge in [0.25, 0.3) is 0 Å². The molecule has 3 N–H and O–H groups in total. The molecule has 0 aromatic rings. The van der Waals surface area contributed by atoms with E-state index in [1.54, 1.807) is 0 Å². The predicted molar refractivity (Wildman–Crippen MR) is 45.3 cm³/mol. The van der Waals surface area contributed by atoms with Gasteiger partial charge in [-0.1, -0.05) is 0 Å². The average molecular weight is 158 g/mol. The van der Waals surface area contributed by atoms with E-state index in [0.29, 0.717) is 6.04 Å². The molecule has 0 spiro atoms. The number of hydrogen-bond acceptors (Lipinski definition) is 3. The molecule has 3 nitrogen and oxygen atoms in total. The van der Waals surface area contributed by atoms with E-state index in [0.717, 1.165) is 32.5 Å². The number of rotatable bonds is 3. The van der Waals surface area contributed by atoms with Crippen LogP contribution in [0.3, 0.4) is 0 Å². The average Bonchev–Trinajstić information content (AvgIpc) is 2.31. The summed E-state index contributed by atoms with van der Waals surface area (Å²) in [6.07, 6.45) is 1.80. The normalized spacial score (nSPS) is 29.2. The van der Waals surface area contributed by atoms with Crippen molar-refractivity contribution in [3.63, 3.8) is 0 Å². The van der Waals surface area contributed by atoms with Gasteiger partial charge in [0.15, 0.2) is 0 Å². The maximum absolute atomic E-state index is 9.02. The van der Waals surface area contributed by atoms with Gasteiger partial charge in [0.1, 0.15) is 0 Å². The zero-order valence-corrected chi connectivity index (χ0v) is 7.16. The molecule has 3 heteroatoms. The quantitative estimate of drug-likeness (QED) is 0.597. The number of aliphatic hydroxyl groups is 1. The molecule has 2 atom stereocenters. The smallest absolute Gasteiger partial charge is 0.0524 e. The van der Waals surface area contributed by atoms with Crippen LogP contribution in [-0.4, -0.2) is 41.8 Å². The van der Waals surface area contributed by atoms with E-state index >= 15 is 0 Å². The summed E-state index contributed by atoms with van der Waals surface area (Å²) in [5, 5.41) is 9.02. The van der Waals surface area contributed by atoms with Crippen molar-refractivity contribution in [1.29, 1.82) is 0 Å². The molecule has 0 bridgehead atoms. The molecule has 0 amide bonds. The van der Waals surface area contributed by atoms with Gasteiger partial charge in [0.05, 0.1) is 6.10 Å². The zero-order chi connectivity index (χ0) is 8.27. The molecular formula is C8H18N2O. The van der Waals surface area contributed by atoms with Gasteiger partial charge in [0, 0.05) is 19.1 Å². The summed E-state index contributed by atoms with van der Waals surface area (Å²) in [7, 11) is 0. The lowest BCUT2D eigenvalue weighted by Crippen LogP contribution is -2.28. The summed E-state index contributed by atoms with van der Waals surface area (Å²) in [5.41, 5.74) is 5.73. The first kappa shape index (κ1) is 8.97. The molecule has 11 heavy (non-hydrogen) atoms. The standard InChI is InChI=1S/C8H18N2O/c1-7(11)2-4-10-5-3-8(9)6-10/h7-8,11H,2-6,9H2,1H3/t7?,8-/m1/s1. The maximum Gasteiger partial charge on any atom is 0.0524 e. The molecule has 0 aromatic carbocycles. The molecule has 0 radical (unpaired) electrons. The third-order valence-electron chi connectivity index (χ3n) is 2.17. The van der Waals surface area contributed by atoms with Gasteiger partial charge in [-0.25, -0.2) is 0 Å². The fraction of sp³-hybridized carbons (Fsp3) is 1.00. The van der Waals surface area contributed by atoms with Crippen molar-refractivity contribution in [3.8, 4) is 0 Å². The highest BCUT2D eigenvalue weighted by atomic mass is 16.3. The van der Waals surface area contributed by atoms with Gasteiger partial charge in [-0.3, -0.25) is 0 Å². The van der Waals surface area contributed by atoms with E-state index < -0.39 is 0 Å². The minimum absolute atomic E-state index is 0.174. The molecule has 0 aliphatic carbocycles. The number of aliphatic hydroxyl groups excluding tert-OH is 1. The topological polar surface area (TPSA) is 49.5 Å². The van der Waals surface area contributed by atoms with Crippen LogP contribution in [0.5, 0.6) is 0 Å². The second-order valence-electron chi connectivity index (χ2n) is 3.49. The minimum Gasteiger partial charge on any atom is -0.393 e. The molecule has 1 aliphatic heterocycles. The Morgan fingerprint density at radius 1 is 1.73 bits per heavy atom. The summed E-state index contributed by atoms with van der Waals surface area (Å²) in [5.74, 6) is 0. The van der Waals surface area contributed by atoms with Crippen LogP contribution in [-0.2, 0) is 0 Å². The Hall–Kier alpha value is -0.120. The number of hydrogen-bond donors (Lipinski definition) is 2. The molecule has 1 heterocycles. The molecule has 0 saturated carbocycles. The molecule has 0 aromatic heterocycles. The van der Waals surface area contributed by atoms with E-state index in [2.05, 4.69) is 4.90 Å². The van der Waals surface area contributed by atoms with Crippen LogP contribution in [0.1, 0.15) is 19.8 Å². The van der Waals surface area contributed by atoms with Crippen molar-refractivity contribution in [1.82, 2.24) is 4.90 Å². The Kier molecular flexibility index (Phi) is 3.30. The first-order valence-electron chi connectivity index (χ1n) is 4.34. The van der Waals surface area contributed by atoms with Crippen LogP contribution >= 0.6 is 0 Å². The van der Waals surface area contributed by atoms with Gasteiger partial charge < -0.3 is 15.7 Å². The predicted octanol–water partition coefficient (Wildman–Crippen LogP) is -0.210. The molecule has 1 aliphatic rings. The molecule has 66 valence electrons. The van der Waals surface area contributed by atoms with Gasteiger partial charge >= 0.3 is 0 Å². The highest BCUT2D eigenvalue weighted by Gasteiger charge is 2.18. The van der Waals surface area contributed by atoms with Gasteiger partial charge in [-0.05, 0) is 26.3 Å². The Balaban J connectivity index is 2.08. The first-order chi connectivity index (χ1) is 5.18. The summed E-state index contributed by atoms with van der Waals surface area (Å²) in [4.78, 5) is 2.32. The van der Waals surface area contributed by atoms with Gasteiger partial charge in [0.2, 0.25) is 0 Å². The highest BCUT2D eigenvalue weighted by Crippen LogP contribution is 2.07. The van der Waals surface area contributed by atoms with E-state index in [1.807, 2.05) is 6.92 Å². The fourth-order valence-electron chi connectivity index (χ4n) is 1.44. The van der Waals surface area contributed by atoms with Crippen molar-refractivity contribution in [2.45, 2.75) is 31.9 Å². The van der Waals surface area contributed by atoms with Crippen LogP contribution in [0, 0.1) is 0 Å². The Labute approximate surface area is 68.2 Å². The van der Waals surface area contributed by atoms with Crippen molar-refractivity contribution in [2.75, 3.05) is 19.6 Å². The number of nitrogens with zero attached hydrogens (tertiary/aromatic N) is 1. The SMILES string of the molecule is CC(O)CCN1CC[C@@H](N)C1. The summed E-state index contributed by atoms with van der Waals surface area (Å²) >= 11 is 0. The van der Waals surface area contributed by atoms with E-state index in [9.17, 15) is 0 Å². The van der Waals surface area contributed by atoms with Crippen LogP contribution in [0.4, 0.5) is 0 Å². The maximum atomic E-state index is 9.02. The lowest BCUT2D eigenvalue weighted by Gasteiger charge is -2.15. The second-order valence-corrected chi connectivity index (χ2v) is 3.49. The largest absolute Gasteiger partial charge is 0.393 e. The summed E-state index contributed by atoms with van der Waals surface area (Å²) in [6, 6.07) is 0.365. The summed E-state index contributed by atoms with van der Waals surface area (Å²) in [6.45, 7) is 4.93. The van der Waals surface area contributed by atoms with Crippen LogP contribution in [0.2, 0.25) is 0 Å². The minimum atomic E-state index is -0.174. The van der Waals surface area contributed by atoms with Crippen LogP contribution in [0.15, 0.2) is 0 Å². The van der Waals surface area contributed by atoms with Crippen LogP contribution in [0.25, 0.3) is 0 Å². The van der Waals surface area contributed by atoms with Crippen molar-refractivity contribution in [2.24, 2.45) is 5.73 Å². The number of likely N-dealkylation sites (tertiary alicyclic amines) is 1. The number of nitrogens with two attached hydrogens (primary N) is 1. The highest BCUT2D eigenvalue weighted by molar-refractivity contribution is 4.77. The van der Waals surface area contributed by atoms with Crippen molar-refractivity contribution in [3.05, 3.63) is 0 Å². The van der Waals surface area contributed by atoms with Crippen LogP contribution < -0.4 is 5.73 Å². The summed E-state index contributed by atoms with van der Waals surface area (Å²) < 4.78 is 0. The van der Waals surface area contributed by atoms with E-state index in [-0.39, 0.29) is 6.10 Å². The molecule has 1 rings (SSSR count). The van der Waals surface area contributed by atoms with Gasteiger partial charge in [-0.2, -0.15) is 0 Å². The second kappa shape index (κ2) is 4.04. The third-order valence-corrected chi connectivity index (χ3v) is 2.17. The van der Waals surface area contributed by atoms with Gasteiger partial charge in [-0.15, -0.1) is 0 Å². The van der Waals surface area contributed by atoms with E-state index in [4.69, 9.17) is 10.8 Å². The zero-order valence-electron chi connectivity index (χ0n) is 7.16. The Bertz CT molecular complexity index is 117. The van der Waals surface area contributed by atoms with E-state index in [1.165, 1.54) is 0 Å². The third kappa shape index (κ3) is 3.18. The molecule has 1 unspecified atom stereocenters. The lowest BCUT2D eigenvalue weighted by molar-refractivity contribution is 0.164. The monoisotopic (exact) mass is 158 g/mol. The van der Waals surface area contributed by atoms with Crippen molar-refractivity contribution >= 4 is 0 Å². The fourth-order valence-corrected chi connectivity index (χ4v) is 1.44. The molecule has 1 saturated heterocycles. The van der Waals surface area contributed by atoms with Crippen molar-refractivity contribution < 1.29 is 5.11 Å². The molecule has 1 fully saturated rings. The Morgan fingerprint density at radius 3 is 2.91 bits per heavy atom.